The molecule has 1 unspecified atom stereocenters. The van der Waals surface area contributed by atoms with Crippen molar-refractivity contribution in [1.29, 1.82) is 0 Å². The number of nitro benzene ring substituents is 1. The minimum Gasteiger partial charge on any atom is -0.477 e. The number of hydrogen-bond acceptors (Lipinski definition) is 4. The van der Waals surface area contributed by atoms with Crippen molar-refractivity contribution >= 4 is 17.3 Å². The molecule has 6 heteroatoms. The molecule has 0 saturated heterocycles. The molecule has 0 aromatic heterocycles. The summed E-state index contributed by atoms with van der Waals surface area (Å²) in [6.45, 7) is 1.95. The lowest BCUT2D eigenvalue weighted by Crippen LogP contribution is -2.19. The summed E-state index contributed by atoms with van der Waals surface area (Å²) in [6, 6.07) is 4.42. The van der Waals surface area contributed by atoms with Crippen molar-refractivity contribution in [1.82, 2.24) is 0 Å². The van der Waals surface area contributed by atoms with E-state index >= 15 is 0 Å². The summed E-state index contributed by atoms with van der Waals surface area (Å²) >= 11 is 0. The van der Waals surface area contributed by atoms with Crippen LogP contribution in [0.15, 0.2) is 18.2 Å². The van der Waals surface area contributed by atoms with Crippen molar-refractivity contribution in [2.45, 2.75) is 25.8 Å². The molecule has 1 aromatic carbocycles. The first-order valence-corrected chi connectivity index (χ1v) is 5.78. The summed E-state index contributed by atoms with van der Waals surface area (Å²) in [5.74, 6) is -0.762. The van der Waals surface area contributed by atoms with Crippen molar-refractivity contribution in [2.75, 3.05) is 5.32 Å². The zero-order valence-electron chi connectivity index (χ0n) is 9.92. The molecule has 0 radical (unpaired) electrons. The molecule has 1 atom stereocenters. The first-order valence-electron chi connectivity index (χ1n) is 5.78. The summed E-state index contributed by atoms with van der Waals surface area (Å²) in [4.78, 5) is 21.3. The van der Waals surface area contributed by atoms with Gasteiger partial charge in [0.1, 0.15) is 11.3 Å². The lowest BCUT2D eigenvalue weighted by atomic mass is 10.1. The Kier molecular flexibility index (Phi) is 3.18. The van der Waals surface area contributed by atoms with Crippen LogP contribution in [0.4, 0.5) is 11.4 Å². The predicted molar refractivity (Wildman–Crippen MR) is 65.9 cm³/mol. The molecule has 1 aliphatic rings. The average molecular weight is 250 g/mol. The number of aromatic carboxylic acids is 1. The van der Waals surface area contributed by atoms with Gasteiger partial charge in [0.05, 0.1) is 4.92 Å². The van der Waals surface area contributed by atoms with Gasteiger partial charge in [-0.3, -0.25) is 10.1 Å². The molecule has 0 spiro atoms. The highest BCUT2D eigenvalue weighted by Gasteiger charge is 2.30. The van der Waals surface area contributed by atoms with Crippen LogP contribution in [0.1, 0.15) is 30.1 Å². The number of para-hydroxylation sites is 1. The average Bonchev–Trinajstić information content (AvgIpc) is 3.11. The van der Waals surface area contributed by atoms with Crippen LogP contribution in [0, 0.1) is 16.0 Å². The molecule has 2 rings (SSSR count). The normalized spacial score (nSPS) is 16.1. The molecule has 1 aliphatic carbocycles. The van der Waals surface area contributed by atoms with E-state index in [1.165, 1.54) is 12.1 Å². The Bertz CT molecular complexity index is 497. The van der Waals surface area contributed by atoms with Gasteiger partial charge >= 0.3 is 11.7 Å². The van der Waals surface area contributed by atoms with E-state index in [1.807, 2.05) is 6.92 Å². The minimum atomic E-state index is -1.29. The fourth-order valence-electron chi connectivity index (χ4n) is 1.99. The van der Waals surface area contributed by atoms with E-state index in [4.69, 9.17) is 5.11 Å². The number of nitrogens with zero attached hydrogens (tertiary/aromatic N) is 1. The number of nitro groups is 1. The summed E-state index contributed by atoms with van der Waals surface area (Å²) in [7, 11) is 0. The van der Waals surface area contributed by atoms with E-state index in [0.29, 0.717) is 5.92 Å². The van der Waals surface area contributed by atoms with E-state index in [2.05, 4.69) is 5.32 Å². The smallest absolute Gasteiger partial charge is 0.342 e. The summed E-state index contributed by atoms with van der Waals surface area (Å²) in [6.07, 6.45) is 2.22. The Hall–Kier alpha value is -2.11. The highest BCUT2D eigenvalue weighted by Crippen LogP contribution is 2.36. The van der Waals surface area contributed by atoms with Crippen LogP contribution in [0.2, 0.25) is 0 Å². The van der Waals surface area contributed by atoms with Gasteiger partial charge in [-0.1, -0.05) is 6.07 Å². The fraction of sp³-hybridized carbons (Fsp3) is 0.417. The number of anilines is 1. The SMILES string of the molecule is CC(Nc1cccc(C(=O)O)c1[N+](=O)[O-])C1CC1. The van der Waals surface area contributed by atoms with Crippen molar-refractivity contribution in [3.8, 4) is 0 Å². The lowest BCUT2D eigenvalue weighted by molar-refractivity contribution is -0.384. The number of carboxylic acid groups (broad SMARTS) is 1. The molecule has 2 N–H and O–H groups in total. The van der Waals surface area contributed by atoms with Crippen molar-refractivity contribution in [3.63, 3.8) is 0 Å². The van der Waals surface area contributed by atoms with Gasteiger partial charge in [0.2, 0.25) is 0 Å². The molecular formula is C12H14N2O4. The molecule has 0 aliphatic heterocycles. The molecule has 18 heavy (non-hydrogen) atoms. The van der Waals surface area contributed by atoms with Gasteiger partial charge in [0.25, 0.3) is 0 Å². The summed E-state index contributed by atoms with van der Waals surface area (Å²) in [5, 5.41) is 23.0. The first-order chi connectivity index (χ1) is 8.50. The zero-order chi connectivity index (χ0) is 13.3. The number of hydrogen-bond donors (Lipinski definition) is 2. The largest absolute Gasteiger partial charge is 0.477 e. The third-order valence-electron chi connectivity index (χ3n) is 3.16. The maximum Gasteiger partial charge on any atom is 0.342 e. The van der Waals surface area contributed by atoms with Gasteiger partial charge in [0.15, 0.2) is 0 Å². The highest BCUT2D eigenvalue weighted by molar-refractivity contribution is 5.95. The third kappa shape index (κ3) is 2.42. The maximum atomic E-state index is 11.0. The Morgan fingerprint density at radius 3 is 2.72 bits per heavy atom. The van der Waals surface area contributed by atoms with Crippen LogP contribution in [0.25, 0.3) is 0 Å². The Labute approximate surface area is 104 Å². The summed E-state index contributed by atoms with van der Waals surface area (Å²) in [5.41, 5.74) is -0.371. The Morgan fingerprint density at radius 2 is 2.22 bits per heavy atom. The molecule has 1 aromatic rings. The Morgan fingerprint density at radius 1 is 1.56 bits per heavy atom. The second-order valence-corrected chi connectivity index (χ2v) is 4.53. The van der Waals surface area contributed by atoms with E-state index in [9.17, 15) is 14.9 Å². The number of benzene rings is 1. The fourth-order valence-corrected chi connectivity index (χ4v) is 1.99. The van der Waals surface area contributed by atoms with Gasteiger partial charge in [-0.05, 0) is 37.8 Å². The standard InChI is InChI=1S/C12H14N2O4/c1-7(8-5-6-8)13-10-4-2-3-9(12(15)16)11(10)14(17)18/h2-4,7-8,13H,5-6H2,1H3,(H,15,16). The number of rotatable bonds is 5. The molecule has 96 valence electrons. The third-order valence-corrected chi connectivity index (χ3v) is 3.16. The van der Waals surface area contributed by atoms with Crippen LogP contribution in [0.5, 0.6) is 0 Å². The highest BCUT2D eigenvalue weighted by atomic mass is 16.6. The van der Waals surface area contributed by atoms with Gasteiger partial charge in [0, 0.05) is 6.04 Å². The number of carboxylic acids is 1. The van der Waals surface area contributed by atoms with E-state index in [1.54, 1.807) is 6.07 Å². The number of nitrogens with one attached hydrogen (secondary N) is 1. The molecular weight excluding hydrogens is 236 g/mol. The monoisotopic (exact) mass is 250 g/mol. The van der Waals surface area contributed by atoms with Crippen LogP contribution in [-0.2, 0) is 0 Å². The van der Waals surface area contributed by atoms with Gasteiger partial charge < -0.3 is 10.4 Å². The molecule has 6 nitrogen and oxygen atoms in total. The molecule has 1 fully saturated rings. The van der Waals surface area contributed by atoms with Gasteiger partial charge in [-0.2, -0.15) is 0 Å². The Balaban J connectivity index is 2.35. The second kappa shape index (κ2) is 4.64. The predicted octanol–water partition coefficient (Wildman–Crippen LogP) is 2.50. The number of carbonyl (C=O) groups is 1. The lowest BCUT2D eigenvalue weighted by Gasteiger charge is -2.14. The van der Waals surface area contributed by atoms with Crippen molar-refractivity contribution < 1.29 is 14.8 Å². The van der Waals surface area contributed by atoms with E-state index < -0.39 is 10.9 Å². The van der Waals surface area contributed by atoms with E-state index in [-0.39, 0.29) is 23.0 Å². The van der Waals surface area contributed by atoms with Crippen LogP contribution < -0.4 is 5.32 Å². The molecule has 0 heterocycles. The van der Waals surface area contributed by atoms with E-state index in [0.717, 1.165) is 12.8 Å². The minimum absolute atomic E-state index is 0.118. The summed E-state index contributed by atoms with van der Waals surface area (Å²) < 4.78 is 0. The maximum absolute atomic E-state index is 11.0. The quantitative estimate of drug-likeness (QED) is 0.618. The first kappa shape index (κ1) is 12.3. The molecule has 0 bridgehead atoms. The van der Waals surface area contributed by atoms with Crippen molar-refractivity contribution in [2.24, 2.45) is 5.92 Å². The van der Waals surface area contributed by atoms with Crippen LogP contribution >= 0.6 is 0 Å². The topological polar surface area (TPSA) is 92.5 Å². The van der Waals surface area contributed by atoms with Crippen molar-refractivity contribution in [3.05, 3.63) is 33.9 Å². The second-order valence-electron chi connectivity index (χ2n) is 4.53. The molecule has 0 amide bonds. The molecule has 1 saturated carbocycles. The van der Waals surface area contributed by atoms with Gasteiger partial charge in [-0.15, -0.1) is 0 Å². The van der Waals surface area contributed by atoms with Gasteiger partial charge in [-0.25, -0.2) is 4.79 Å². The zero-order valence-corrected chi connectivity index (χ0v) is 9.92. The van der Waals surface area contributed by atoms with Crippen LogP contribution in [0.3, 0.4) is 0 Å². The van der Waals surface area contributed by atoms with Crippen LogP contribution in [-0.4, -0.2) is 22.0 Å².